The lowest BCUT2D eigenvalue weighted by molar-refractivity contribution is 0.322. The molecule has 0 unspecified atom stereocenters. The van der Waals surface area contributed by atoms with Gasteiger partial charge in [0.15, 0.2) is 0 Å². The number of nitrogens with one attached hydrogen (secondary N) is 1. The van der Waals surface area contributed by atoms with Crippen LogP contribution in [0.15, 0.2) is 84.9 Å². The van der Waals surface area contributed by atoms with E-state index >= 15 is 0 Å². The molecule has 0 aliphatic carbocycles. The van der Waals surface area contributed by atoms with E-state index in [4.69, 9.17) is 10.5 Å². The monoisotopic (exact) mass is 355 g/mol. The van der Waals surface area contributed by atoms with Crippen LogP contribution in [0.25, 0.3) is 22.5 Å². The number of anilines is 1. The van der Waals surface area contributed by atoms with Gasteiger partial charge in [-0.3, -0.25) is 5.10 Å². The molecule has 134 valence electrons. The van der Waals surface area contributed by atoms with Gasteiger partial charge in [0, 0.05) is 23.2 Å². The average Bonchev–Trinajstić information content (AvgIpc) is 3.20. The van der Waals surface area contributed by atoms with Crippen molar-refractivity contribution in [3.05, 3.63) is 90.5 Å². The molecule has 0 atom stereocenters. The number of hydrogen-bond donors (Lipinski definition) is 2. The molecule has 3 N–H and O–H groups in total. The maximum absolute atomic E-state index is 5.93. The number of aromatic nitrogens is 2. The first-order chi connectivity index (χ1) is 13.3. The Balaban J connectivity index is 1.46. The van der Waals surface area contributed by atoms with Crippen molar-refractivity contribution in [1.29, 1.82) is 0 Å². The van der Waals surface area contributed by atoms with E-state index in [-0.39, 0.29) is 0 Å². The number of nitrogen functional groups attached to an aromatic ring is 1. The van der Waals surface area contributed by atoms with Gasteiger partial charge in [-0.2, -0.15) is 5.10 Å². The Labute approximate surface area is 158 Å². The zero-order valence-corrected chi connectivity index (χ0v) is 14.9. The van der Waals surface area contributed by atoms with E-state index in [1.807, 2.05) is 72.8 Å². The van der Waals surface area contributed by atoms with Gasteiger partial charge in [-0.15, -0.1) is 0 Å². The molecule has 0 aliphatic rings. The van der Waals surface area contributed by atoms with Crippen LogP contribution < -0.4 is 10.5 Å². The number of ether oxygens (including phenoxy) is 1. The van der Waals surface area contributed by atoms with Crippen molar-refractivity contribution in [3.8, 4) is 28.3 Å². The lowest BCUT2D eigenvalue weighted by Gasteiger charge is -2.07. The summed E-state index contributed by atoms with van der Waals surface area (Å²) in [5.41, 5.74) is 11.7. The van der Waals surface area contributed by atoms with Crippen LogP contribution in [-0.4, -0.2) is 16.8 Å². The highest BCUT2D eigenvalue weighted by Crippen LogP contribution is 2.27. The molecule has 3 aromatic carbocycles. The Morgan fingerprint density at radius 3 is 2.48 bits per heavy atom. The summed E-state index contributed by atoms with van der Waals surface area (Å²) in [6, 6.07) is 28.1. The maximum atomic E-state index is 5.93. The minimum Gasteiger partial charge on any atom is -0.493 e. The molecule has 0 saturated carbocycles. The zero-order valence-electron chi connectivity index (χ0n) is 14.9. The van der Waals surface area contributed by atoms with Crippen LogP contribution in [0.2, 0.25) is 0 Å². The van der Waals surface area contributed by atoms with Crippen molar-refractivity contribution < 1.29 is 4.74 Å². The summed E-state index contributed by atoms with van der Waals surface area (Å²) in [7, 11) is 0. The van der Waals surface area contributed by atoms with E-state index in [2.05, 4.69) is 22.3 Å². The highest BCUT2D eigenvalue weighted by Gasteiger charge is 2.07. The van der Waals surface area contributed by atoms with Gasteiger partial charge in [0.1, 0.15) is 5.75 Å². The molecule has 0 amide bonds. The molecule has 0 radical (unpaired) electrons. The molecule has 0 saturated heterocycles. The predicted molar refractivity (Wildman–Crippen MR) is 110 cm³/mol. The number of rotatable bonds is 6. The number of aromatic amines is 1. The second kappa shape index (κ2) is 7.79. The van der Waals surface area contributed by atoms with Gasteiger partial charge in [-0.1, -0.05) is 54.6 Å². The second-order valence-corrected chi connectivity index (χ2v) is 6.40. The summed E-state index contributed by atoms with van der Waals surface area (Å²) in [5, 5.41) is 7.52. The van der Waals surface area contributed by atoms with Crippen molar-refractivity contribution in [2.45, 2.75) is 6.42 Å². The standard InChI is InChI=1S/C23H21N3O/c24-20-10-4-8-18(14-20)22-16-23(26-25-22)19-9-5-11-21(15-19)27-13-12-17-6-2-1-3-7-17/h1-11,14-16H,12-13,24H2,(H,25,26). The van der Waals surface area contributed by atoms with Crippen LogP contribution in [0.4, 0.5) is 5.69 Å². The first-order valence-corrected chi connectivity index (χ1v) is 8.96. The number of benzene rings is 3. The summed E-state index contributed by atoms with van der Waals surface area (Å²) >= 11 is 0. The number of nitrogens with zero attached hydrogens (tertiary/aromatic N) is 1. The third-order valence-corrected chi connectivity index (χ3v) is 4.41. The molecule has 1 aromatic heterocycles. The molecule has 0 spiro atoms. The van der Waals surface area contributed by atoms with Crippen LogP contribution in [0.3, 0.4) is 0 Å². The fourth-order valence-electron chi connectivity index (χ4n) is 3.00. The van der Waals surface area contributed by atoms with Crippen LogP contribution in [0.1, 0.15) is 5.56 Å². The Kier molecular flexibility index (Phi) is 4.88. The van der Waals surface area contributed by atoms with Crippen molar-refractivity contribution in [3.63, 3.8) is 0 Å². The number of nitrogens with two attached hydrogens (primary N) is 1. The second-order valence-electron chi connectivity index (χ2n) is 6.40. The zero-order chi connectivity index (χ0) is 18.5. The minimum absolute atomic E-state index is 0.644. The van der Waals surface area contributed by atoms with Gasteiger partial charge in [0.05, 0.1) is 18.0 Å². The topological polar surface area (TPSA) is 63.9 Å². The molecule has 0 aliphatic heterocycles. The van der Waals surface area contributed by atoms with E-state index in [0.29, 0.717) is 6.61 Å². The van der Waals surface area contributed by atoms with Crippen LogP contribution >= 0.6 is 0 Å². The highest BCUT2D eigenvalue weighted by atomic mass is 16.5. The molecule has 27 heavy (non-hydrogen) atoms. The molecular formula is C23H21N3O. The van der Waals surface area contributed by atoms with E-state index in [1.54, 1.807) is 0 Å². The Morgan fingerprint density at radius 2 is 1.63 bits per heavy atom. The first kappa shape index (κ1) is 16.9. The van der Waals surface area contributed by atoms with E-state index < -0.39 is 0 Å². The predicted octanol–water partition coefficient (Wildman–Crippen LogP) is 4.95. The molecule has 0 bridgehead atoms. The van der Waals surface area contributed by atoms with E-state index in [1.165, 1.54) is 5.56 Å². The van der Waals surface area contributed by atoms with Gasteiger partial charge in [-0.05, 0) is 35.9 Å². The third kappa shape index (κ3) is 4.18. The Hall–Kier alpha value is -3.53. The summed E-state index contributed by atoms with van der Waals surface area (Å²) in [5.74, 6) is 0.850. The van der Waals surface area contributed by atoms with E-state index in [0.717, 1.165) is 40.4 Å². The lowest BCUT2D eigenvalue weighted by atomic mass is 10.1. The molecule has 4 rings (SSSR count). The molecule has 1 heterocycles. The van der Waals surface area contributed by atoms with Gasteiger partial charge < -0.3 is 10.5 Å². The molecule has 4 heteroatoms. The highest BCUT2D eigenvalue weighted by molar-refractivity contribution is 5.70. The van der Waals surface area contributed by atoms with Gasteiger partial charge in [-0.25, -0.2) is 0 Å². The van der Waals surface area contributed by atoms with Gasteiger partial charge >= 0.3 is 0 Å². The fourth-order valence-corrected chi connectivity index (χ4v) is 3.00. The van der Waals surface area contributed by atoms with Crippen molar-refractivity contribution in [2.24, 2.45) is 0 Å². The van der Waals surface area contributed by atoms with Crippen LogP contribution in [0, 0.1) is 0 Å². The summed E-state index contributed by atoms with van der Waals surface area (Å²) in [4.78, 5) is 0. The lowest BCUT2D eigenvalue weighted by Crippen LogP contribution is -2.01. The van der Waals surface area contributed by atoms with Gasteiger partial charge in [0.2, 0.25) is 0 Å². The quantitative estimate of drug-likeness (QED) is 0.481. The fraction of sp³-hybridized carbons (Fsp3) is 0.0870. The molecular weight excluding hydrogens is 334 g/mol. The Morgan fingerprint density at radius 1 is 0.815 bits per heavy atom. The van der Waals surface area contributed by atoms with E-state index in [9.17, 15) is 0 Å². The van der Waals surface area contributed by atoms with Crippen LogP contribution in [0.5, 0.6) is 5.75 Å². The Bertz CT molecular complexity index is 1020. The number of H-pyrrole nitrogens is 1. The van der Waals surface area contributed by atoms with Crippen molar-refractivity contribution >= 4 is 5.69 Å². The van der Waals surface area contributed by atoms with Crippen molar-refractivity contribution in [2.75, 3.05) is 12.3 Å². The van der Waals surface area contributed by atoms with Crippen molar-refractivity contribution in [1.82, 2.24) is 10.2 Å². The molecule has 0 fully saturated rings. The normalized spacial score (nSPS) is 10.7. The molecule has 4 aromatic rings. The summed E-state index contributed by atoms with van der Waals surface area (Å²) < 4.78 is 5.93. The number of hydrogen-bond acceptors (Lipinski definition) is 3. The van der Waals surface area contributed by atoms with Gasteiger partial charge in [0.25, 0.3) is 0 Å². The first-order valence-electron chi connectivity index (χ1n) is 8.96. The third-order valence-electron chi connectivity index (χ3n) is 4.41. The summed E-state index contributed by atoms with van der Waals surface area (Å²) in [6.07, 6.45) is 0.884. The largest absolute Gasteiger partial charge is 0.493 e. The smallest absolute Gasteiger partial charge is 0.119 e. The average molecular weight is 355 g/mol. The minimum atomic E-state index is 0.644. The van der Waals surface area contributed by atoms with Crippen LogP contribution in [-0.2, 0) is 6.42 Å². The maximum Gasteiger partial charge on any atom is 0.119 e. The molecule has 4 nitrogen and oxygen atoms in total. The SMILES string of the molecule is Nc1cccc(-c2cc(-c3cccc(OCCc4ccccc4)c3)[nH]n2)c1. The summed E-state index contributed by atoms with van der Waals surface area (Å²) in [6.45, 7) is 0.644.